The molecule has 0 fully saturated rings. The number of carbonyl (C=O) groups excluding carboxylic acids is 2. The van der Waals surface area contributed by atoms with Crippen LogP contribution >= 0.6 is 0 Å². The second-order valence-corrected chi connectivity index (χ2v) is 4.72. The van der Waals surface area contributed by atoms with Crippen molar-refractivity contribution in [3.8, 4) is 0 Å². The quantitative estimate of drug-likeness (QED) is 0.611. The first kappa shape index (κ1) is 17.1. The first-order valence-electron chi connectivity index (χ1n) is 7.14. The molecule has 6 heteroatoms. The Morgan fingerprint density at radius 3 is 2.48 bits per heavy atom. The minimum Gasteiger partial charge on any atom is -0.395 e. The number of hydrogen-bond donors (Lipinski definition) is 3. The number of nitrogens with one attached hydrogen (secondary N) is 2. The van der Waals surface area contributed by atoms with Gasteiger partial charge in [-0.1, -0.05) is 31.5 Å². The van der Waals surface area contributed by atoms with Crippen LogP contribution in [0.4, 0.5) is 0 Å². The van der Waals surface area contributed by atoms with Crippen molar-refractivity contribution in [1.29, 1.82) is 0 Å². The summed E-state index contributed by atoms with van der Waals surface area (Å²) in [6.45, 7) is 3.41. The van der Waals surface area contributed by atoms with Crippen molar-refractivity contribution >= 4 is 11.8 Å². The zero-order chi connectivity index (χ0) is 15.5. The molecule has 0 aliphatic carbocycles. The van der Waals surface area contributed by atoms with Gasteiger partial charge in [-0.05, 0) is 25.1 Å². The fourth-order valence-electron chi connectivity index (χ4n) is 1.82. The fraction of sp³-hybridized carbons (Fsp3) is 0.467. The lowest BCUT2D eigenvalue weighted by Gasteiger charge is -2.20. The van der Waals surface area contributed by atoms with Crippen molar-refractivity contribution < 1.29 is 14.7 Å². The van der Waals surface area contributed by atoms with Gasteiger partial charge in [0.15, 0.2) is 0 Å². The van der Waals surface area contributed by atoms with Crippen molar-refractivity contribution in [2.75, 3.05) is 26.2 Å². The molecule has 0 aliphatic heterocycles. The monoisotopic (exact) mass is 293 g/mol. The van der Waals surface area contributed by atoms with Crippen LogP contribution in [0.15, 0.2) is 30.3 Å². The van der Waals surface area contributed by atoms with E-state index in [-0.39, 0.29) is 25.0 Å². The number of hydrogen-bond acceptors (Lipinski definition) is 4. The largest absolute Gasteiger partial charge is 0.395 e. The molecule has 0 unspecified atom stereocenters. The first-order chi connectivity index (χ1) is 10.2. The summed E-state index contributed by atoms with van der Waals surface area (Å²) in [7, 11) is 0. The van der Waals surface area contributed by atoms with E-state index in [1.165, 1.54) is 0 Å². The van der Waals surface area contributed by atoms with E-state index in [0.717, 1.165) is 19.4 Å². The standard InChI is InChI=1S/C15H23N3O3/c1-2-3-9-18(10-11-19)12-14(20)16-17-15(21)13-7-5-4-6-8-13/h4-8,19H,2-3,9-12H2,1H3,(H,16,20)(H,17,21). The van der Waals surface area contributed by atoms with E-state index in [1.807, 2.05) is 11.0 Å². The number of hydrazine groups is 1. The van der Waals surface area contributed by atoms with Crippen LogP contribution < -0.4 is 10.9 Å². The van der Waals surface area contributed by atoms with E-state index in [0.29, 0.717) is 12.1 Å². The second kappa shape index (κ2) is 9.90. The van der Waals surface area contributed by atoms with Crippen molar-refractivity contribution in [3.05, 3.63) is 35.9 Å². The molecule has 0 aliphatic rings. The molecule has 1 aromatic carbocycles. The van der Waals surface area contributed by atoms with Crippen molar-refractivity contribution in [2.45, 2.75) is 19.8 Å². The lowest BCUT2D eigenvalue weighted by Crippen LogP contribution is -2.47. The number of benzene rings is 1. The normalized spacial score (nSPS) is 10.4. The summed E-state index contributed by atoms with van der Waals surface area (Å²) in [6, 6.07) is 8.66. The van der Waals surface area contributed by atoms with Crippen LogP contribution in [0.5, 0.6) is 0 Å². The van der Waals surface area contributed by atoms with Crippen LogP contribution in [0.1, 0.15) is 30.1 Å². The van der Waals surface area contributed by atoms with E-state index in [4.69, 9.17) is 5.11 Å². The topological polar surface area (TPSA) is 81.7 Å². The number of amides is 2. The molecule has 0 saturated heterocycles. The highest BCUT2D eigenvalue weighted by Gasteiger charge is 2.11. The van der Waals surface area contributed by atoms with E-state index in [9.17, 15) is 9.59 Å². The number of rotatable bonds is 8. The van der Waals surface area contributed by atoms with Crippen LogP contribution in [0.25, 0.3) is 0 Å². The number of aliphatic hydroxyl groups is 1. The molecule has 0 heterocycles. The van der Waals surface area contributed by atoms with E-state index < -0.39 is 0 Å². The van der Waals surface area contributed by atoms with Gasteiger partial charge in [0.25, 0.3) is 11.8 Å². The first-order valence-corrected chi connectivity index (χ1v) is 7.14. The lowest BCUT2D eigenvalue weighted by molar-refractivity contribution is -0.123. The third kappa shape index (κ3) is 6.87. The highest BCUT2D eigenvalue weighted by atomic mass is 16.3. The fourth-order valence-corrected chi connectivity index (χ4v) is 1.82. The Kier molecular flexibility index (Phi) is 8.08. The summed E-state index contributed by atoms with van der Waals surface area (Å²) in [5.74, 6) is -0.657. The van der Waals surface area contributed by atoms with Gasteiger partial charge in [0.2, 0.25) is 0 Å². The van der Waals surface area contributed by atoms with Gasteiger partial charge in [0.1, 0.15) is 0 Å². The predicted molar refractivity (Wildman–Crippen MR) is 80.5 cm³/mol. The molecule has 0 aromatic heterocycles. The molecule has 1 rings (SSSR count). The molecule has 0 radical (unpaired) electrons. The molecule has 0 atom stereocenters. The van der Waals surface area contributed by atoms with Gasteiger partial charge in [-0.25, -0.2) is 0 Å². The maximum Gasteiger partial charge on any atom is 0.269 e. The molecule has 21 heavy (non-hydrogen) atoms. The SMILES string of the molecule is CCCCN(CCO)CC(=O)NNC(=O)c1ccccc1. The molecule has 6 nitrogen and oxygen atoms in total. The van der Waals surface area contributed by atoms with Crippen molar-refractivity contribution in [3.63, 3.8) is 0 Å². The summed E-state index contributed by atoms with van der Waals surface area (Å²) in [4.78, 5) is 25.4. The number of carbonyl (C=O) groups is 2. The van der Waals surface area contributed by atoms with Gasteiger partial charge in [0, 0.05) is 12.1 Å². The minimum atomic E-state index is -0.355. The summed E-state index contributed by atoms with van der Waals surface area (Å²) >= 11 is 0. The average molecular weight is 293 g/mol. The predicted octanol–water partition coefficient (Wildman–Crippen LogP) is 0.542. The molecule has 0 saturated carbocycles. The molecule has 1 aromatic rings. The number of unbranched alkanes of at least 4 members (excludes halogenated alkanes) is 1. The molecular weight excluding hydrogens is 270 g/mol. The van der Waals surface area contributed by atoms with E-state index >= 15 is 0 Å². The van der Waals surface area contributed by atoms with Crippen molar-refractivity contribution in [1.82, 2.24) is 15.8 Å². The zero-order valence-electron chi connectivity index (χ0n) is 12.3. The van der Waals surface area contributed by atoms with Crippen LogP contribution in [-0.2, 0) is 4.79 Å². The summed E-state index contributed by atoms with van der Waals surface area (Å²) < 4.78 is 0. The van der Waals surface area contributed by atoms with Gasteiger partial charge >= 0.3 is 0 Å². The summed E-state index contributed by atoms with van der Waals surface area (Å²) in [6.07, 6.45) is 1.98. The lowest BCUT2D eigenvalue weighted by atomic mass is 10.2. The van der Waals surface area contributed by atoms with Gasteiger partial charge in [-0.2, -0.15) is 0 Å². The Morgan fingerprint density at radius 1 is 1.14 bits per heavy atom. The molecule has 116 valence electrons. The van der Waals surface area contributed by atoms with Gasteiger partial charge in [-0.15, -0.1) is 0 Å². The van der Waals surface area contributed by atoms with E-state index in [1.54, 1.807) is 24.3 Å². The van der Waals surface area contributed by atoms with E-state index in [2.05, 4.69) is 17.8 Å². The Labute approximate surface area is 125 Å². The zero-order valence-corrected chi connectivity index (χ0v) is 12.3. The average Bonchev–Trinajstić information content (AvgIpc) is 2.51. The minimum absolute atomic E-state index is 0.00731. The van der Waals surface area contributed by atoms with Crippen LogP contribution in [0, 0.1) is 0 Å². The maximum absolute atomic E-state index is 11.8. The number of nitrogens with zero attached hydrogens (tertiary/aromatic N) is 1. The highest BCUT2D eigenvalue weighted by Crippen LogP contribution is 1.97. The smallest absolute Gasteiger partial charge is 0.269 e. The van der Waals surface area contributed by atoms with Crippen LogP contribution in [0.2, 0.25) is 0 Å². The van der Waals surface area contributed by atoms with Gasteiger partial charge in [-0.3, -0.25) is 25.3 Å². The molecule has 2 amide bonds. The Balaban J connectivity index is 2.36. The summed E-state index contributed by atoms with van der Waals surface area (Å²) in [5.41, 5.74) is 5.24. The highest BCUT2D eigenvalue weighted by molar-refractivity contribution is 5.95. The van der Waals surface area contributed by atoms with Crippen LogP contribution in [-0.4, -0.2) is 48.1 Å². The van der Waals surface area contributed by atoms with Crippen LogP contribution in [0.3, 0.4) is 0 Å². The second-order valence-electron chi connectivity index (χ2n) is 4.72. The van der Waals surface area contributed by atoms with Gasteiger partial charge < -0.3 is 5.11 Å². The molecule has 0 bridgehead atoms. The molecular formula is C15H23N3O3. The number of aliphatic hydroxyl groups excluding tert-OH is 1. The Morgan fingerprint density at radius 2 is 1.86 bits per heavy atom. The molecule has 0 spiro atoms. The summed E-state index contributed by atoms with van der Waals surface area (Å²) in [5, 5.41) is 8.97. The Bertz CT molecular complexity index is 437. The third-order valence-corrected chi connectivity index (χ3v) is 2.96. The maximum atomic E-state index is 11.8. The van der Waals surface area contributed by atoms with Gasteiger partial charge in [0.05, 0.1) is 13.2 Å². The third-order valence-electron chi connectivity index (χ3n) is 2.96. The molecule has 3 N–H and O–H groups in total. The Hall–Kier alpha value is -1.92. The van der Waals surface area contributed by atoms with Crippen molar-refractivity contribution in [2.24, 2.45) is 0 Å².